The van der Waals surface area contributed by atoms with Crippen LogP contribution in [0.1, 0.15) is 0 Å². The van der Waals surface area contributed by atoms with Crippen molar-refractivity contribution in [2.45, 2.75) is 0 Å². The van der Waals surface area contributed by atoms with Gasteiger partial charge in [-0.1, -0.05) is 0 Å². The quantitative estimate of drug-likeness (QED) is 0.687. The Labute approximate surface area is 79.0 Å². The van der Waals surface area contributed by atoms with Gasteiger partial charge in [-0.15, -0.1) is 0 Å². The molecule has 0 aliphatic carbocycles. The molecule has 66 valence electrons. The normalized spacial score (nSPS) is 10.5. The predicted molar refractivity (Wildman–Crippen MR) is 48.6 cm³/mol. The van der Waals surface area contributed by atoms with E-state index >= 15 is 0 Å². The van der Waals surface area contributed by atoms with E-state index in [1.165, 1.54) is 0 Å². The van der Waals surface area contributed by atoms with Crippen molar-refractivity contribution in [3.05, 3.63) is 34.6 Å². The molecule has 0 aliphatic rings. The monoisotopic (exact) mass is 243 g/mol. The molecule has 1 aromatic heterocycles. The first kappa shape index (κ1) is 8.29. The van der Waals surface area contributed by atoms with Crippen molar-refractivity contribution in [1.29, 1.82) is 0 Å². The molecule has 0 fully saturated rings. The second-order valence-corrected chi connectivity index (χ2v) is 4.54. The van der Waals surface area contributed by atoms with Gasteiger partial charge in [-0.05, 0) is 0 Å². The average molecular weight is 242 g/mol. The Hall–Kier alpha value is -1.32. The van der Waals surface area contributed by atoms with Crippen LogP contribution in [-0.2, 0) is 0 Å². The van der Waals surface area contributed by atoms with Gasteiger partial charge in [0.1, 0.15) is 0 Å². The van der Waals surface area contributed by atoms with Crippen LogP contribution in [0.5, 0.6) is 0 Å². The zero-order valence-electron chi connectivity index (χ0n) is 6.43. The molecule has 1 heterocycles. The summed E-state index contributed by atoms with van der Waals surface area (Å²) >= 11 is -0.403. The third-order valence-electron chi connectivity index (χ3n) is 1.67. The molecule has 5 heteroatoms. The summed E-state index contributed by atoms with van der Waals surface area (Å²) in [5.74, 6) is 0. The molecule has 1 N–H and O–H groups in total. The summed E-state index contributed by atoms with van der Waals surface area (Å²) in [6, 6.07) is 6.98. The Kier molecular flexibility index (Phi) is 1.83. The zero-order valence-corrected chi connectivity index (χ0v) is 8.14. The maximum absolute atomic E-state index is 11.4. The van der Waals surface area contributed by atoms with Crippen LogP contribution in [0.25, 0.3) is 9.65 Å². The minimum atomic E-state index is -1.17. The Morgan fingerprint density at radius 3 is 2.69 bits per heavy atom. The van der Waals surface area contributed by atoms with E-state index in [1.807, 2.05) is 0 Å². The number of hydrogen-bond acceptors (Lipinski definition) is 2. The Balaban J connectivity index is 2.90. The summed E-state index contributed by atoms with van der Waals surface area (Å²) in [5.41, 5.74) is -0.400. The van der Waals surface area contributed by atoms with Crippen LogP contribution >= 0.6 is 0 Å². The molecule has 1 aromatic carbocycles. The van der Waals surface area contributed by atoms with E-state index in [9.17, 15) is 9.59 Å². The van der Waals surface area contributed by atoms with Crippen molar-refractivity contribution in [1.82, 2.24) is 3.56 Å². The summed E-state index contributed by atoms with van der Waals surface area (Å²) < 4.78 is 1.71. The summed E-state index contributed by atoms with van der Waals surface area (Å²) in [6.07, 6.45) is -1.17. The average Bonchev–Trinajstić information content (AvgIpc) is 2.45. The first-order valence-electron chi connectivity index (χ1n) is 3.54. The molecular formula is C8H5NO3Se. The van der Waals surface area contributed by atoms with Gasteiger partial charge in [0, 0.05) is 0 Å². The van der Waals surface area contributed by atoms with Gasteiger partial charge in [-0.3, -0.25) is 0 Å². The molecule has 0 aliphatic heterocycles. The van der Waals surface area contributed by atoms with Crippen molar-refractivity contribution in [3.8, 4) is 0 Å². The molecule has 2 rings (SSSR count). The molecule has 0 radical (unpaired) electrons. The number of rotatable bonds is 0. The van der Waals surface area contributed by atoms with E-state index < -0.39 is 26.4 Å². The number of nitrogens with zero attached hydrogens (tertiary/aromatic N) is 1. The van der Waals surface area contributed by atoms with Crippen LogP contribution in [0.2, 0.25) is 0 Å². The van der Waals surface area contributed by atoms with E-state index in [4.69, 9.17) is 5.11 Å². The van der Waals surface area contributed by atoms with E-state index in [0.29, 0.717) is 5.39 Å². The topological polar surface area (TPSA) is 59.3 Å². The molecule has 4 nitrogen and oxygen atoms in total. The molecule has 0 saturated carbocycles. The van der Waals surface area contributed by atoms with Gasteiger partial charge in [0.2, 0.25) is 0 Å². The van der Waals surface area contributed by atoms with E-state index in [0.717, 1.165) is 7.82 Å². The van der Waals surface area contributed by atoms with Crippen LogP contribution in [0.3, 0.4) is 0 Å². The Bertz CT molecular complexity index is 525. The maximum atomic E-state index is 11.4. The van der Waals surface area contributed by atoms with E-state index in [-0.39, 0.29) is 0 Å². The number of fused-ring (bicyclic) bond motifs is 1. The SMILES string of the molecule is O=C(O)n1[se]c2ccccc2c1=O. The van der Waals surface area contributed by atoms with E-state index in [2.05, 4.69) is 0 Å². The van der Waals surface area contributed by atoms with Crippen molar-refractivity contribution in [3.63, 3.8) is 0 Å². The molecule has 2 aromatic rings. The molecule has 0 spiro atoms. The first-order valence-corrected chi connectivity index (χ1v) is 5.17. The van der Waals surface area contributed by atoms with Gasteiger partial charge < -0.3 is 0 Å². The molecule has 0 unspecified atom stereocenters. The summed E-state index contributed by atoms with van der Waals surface area (Å²) in [5, 5.41) is 9.19. The summed E-state index contributed by atoms with van der Waals surface area (Å²) in [4.78, 5) is 22.0. The molecule has 0 saturated heterocycles. The molecular weight excluding hydrogens is 237 g/mol. The van der Waals surface area contributed by atoms with Crippen LogP contribution in [0.15, 0.2) is 29.1 Å². The predicted octanol–water partition coefficient (Wildman–Crippen LogP) is 0.585. The first-order chi connectivity index (χ1) is 6.20. The van der Waals surface area contributed by atoms with Gasteiger partial charge in [0.05, 0.1) is 0 Å². The fraction of sp³-hybridized carbons (Fsp3) is 0. The molecule has 0 bridgehead atoms. The number of carboxylic acid groups (broad SMARTS) is 1. The van der Waals surface area contributed by atoms with Crippen LogP contribution in [0.4, 0.5) is 4.79 Å². The van der Waals surface area contributed by atoms with Crippen molar-refractivity contribution < 1.29 is 9.90 Å². The minimum absolute atomic E-state index is 0.400. The van der Waals surface area contributed by atoms with Gasteiger partial charge in [-0.25, -0.2) is 0 Å². The third kappa shape index (κ3) is 1.22. The van der Waals surface area contributed by atoms with Crippen LogP contribution in [-0.4, -0.2) is 29.5 Å². The fourth-order valence-corrected chi connectivity index (χ4v) is 2.88. The molecule has 13 heavy (non-hydrogen) atoms. The fourth-order valence-electron chi connectivity index (χ4n) is 1.10. The number of carbonyl (C=O) groups is 1. The second-order valence-electron chi connectivity index (χ2n) is 2.47. The summed E-state index contributed by atoms with van der Waals surface area (Å²) in [6.45, 7) is 0. The summed E-state index contributed by atoms with van der Waals surface area (Å²) in [7, 11) is 0. The Morgan fingerprint density at radius 2 is 2.08 bits per heavy atom. The number of benzene rings is 1. The number of hydrogen-bond donors (Lipinski definition) is 1. The second kappa shape index (κ2) is 2.87. The van der Waals surface area contributed by atoms with Crippen LogP contribution in [0, 0.1) is 0 Å². The molecule has 0 atom stereocenters. The Morgan fingerprint density at radius 1 is 1.38 bits per heavy atom. The van der Waals surface area contributed by atoms with Gasteiger partial charge >= 0.3 is 78.6 Å². The van der Waals surface area contributed by atoms with E-state index in [1.54, 1.807) is 24.3 Å². The zero-order chi connectivity index (χ0) is 9.42. The van der Waals surface area contributed by atoms with Gasteiger partial charge in [0.15, 0.2) is 0 Å². The third-order valence-corrected chi connectivity index (χ3v) is 3.88. The van der Waals surface area contributed by atoms with Crippen molar-refractivity contribution in [2.24, 2.45) is 0 Å². The molecule has 0 amide bonds. The van der Waals surface area contributed by atoms with Gasteiger partial charge in [-0.2, -0.15) is 0 Å². The number of aromatic nitrogens is 1. The van der Waals surface area contributed by atoms with Crippen LogP contribution < -0.4 is 5.56 Å². The van der Waals surface area contributed by atoms with Gasteiger partial charge in [0.25, 0.3) is 0 Å². The van der Waals surface area contributed by atoms with Crippen molar-refractivity contribution >= 4 is 30.5 Å². The van der Waals surface area contributed by atoms with Crippen molar-refractivity contribution in [2.75, 3.05) is 0 Å². The standard InChI is InChI=1S/C8H5NO3Se/c10-7-5-3-1-2-4-6(5)13-9(7)8(11)12/h1-4H,(H,11,12).